The molecule has 110 valence electrons. The van der Waals surface area contributed by atoms with Gasteiger partial charge in [0.15, 0.2) is 0 Å². The van der Waals surface area contributed by atoms with E-state index in [0.717, 1.165) is 5.56 Å². The molecule has 20 heavy (non-hydrogen) atoms. The number of amides is 2. The third-order valence-corrected chi connectivity index (χ3v) is 3.12. The lowest BCUT2D eigenvalue weighted by molar-refractivity contribution is -0.137. The topological polar surface area (TPSA) is 78.4 Å². The Kier molecular flexibility index (Phi) is 5.39. The van der Waals surface area contributed by atoms with Crippen LogP contribution in [0.1, 0.15) is 32.3 Å². The summed E-state index contributed by atoms with van der Waals surface area (Å²) in [5.74, 6) is -0.887. The standard InChI is InChI=1S/C14H19ClN2O3/c1-9-4-5-10(15)11(8-9)16-13(20)17-14(2,3)7-6-12(18)19/h4-5,8H,6-7H2,1-3H3,(H,18,19)(H2,16,17,20). The molecule has 0 radical (unpaired) electrons. The molecule has 0 aliphatic carbocycles. The minimum atomic E-state index is -0.887. The van der Waals surface area contributed by atoms with E-state index in [1.54, 1.807) is 26.0 Å². The largest absolute Gasteiger partial charge is 0.481 e. The van der Waals surface area contributed by atoms with E-state index >= 15 is 0 Å². The average Bonchev–Trinajstić information content (AvgIpc) is 2.31. The highest BCUT2D eigenvalue weighted by Crippen LogP contribution is 2.23. The molecule has 3 N–H and O–H groups in total. The first-order valence-electron chi connectivity index (χ1n) is 6.27. The zero-order chi connectivity index (χ0) is 15.3. The highest BCUT2D eigenvalue weighted by atomic mass is 35.5. The zero-order valence-electron chi connectivity index (χ0n) is 11.8. The molecule has 1 aromatic carbocycles. The van der Waals surface area contributed by atoms with Gasteiger partial charge in [-0.05, 0) is 44.9 Å². The molecular weight excluding hydrogens is 280 g/mol. The van der Waals surface area contributed by atoms with Crippen molar-refractivity contribution in [2.75, 3.05) is 5.32 Å². The van der Waals surface area contributed by atoms with Crippen molar-refractivity contribution in [3.63, 3.8) is 0 Å². The van der Waals surface area contributed by atoms with Crippen LogP contribution in [0, 0.1) is 6.92 Å². The van der Waals surface area contributed by atoms with Gasteiger partial charge in [0, 0.05) is 12.0 Å². The minimum absolute atomic E-state index is 0.00151. The number of aryl methyl sites for hydroxylation is 1. The lowest BCUT2D eigenvalue weighted by atomic mass is 9.99. The van der Waals surface area contributed by atoms with Gasteiger partial charge in [-0.1, -0.05) is 17.7 Å². The number of benzene rings is 1. The lowest BCUT2D eigenvalue weighted by Crippen LogP contribution is -2.45. The second-order valence-corrected chi connectivity index (χ2v) is 5.75. The third kappa shape index (κ3) is 5.48. The molecule has 0 heterocycles. The monoisotopic (exact) mass is 298 g/mol. The van der Waals surface area contributed by atoms with Crippen molar-refractivity contribution in [3.05, 3.63) is 28.8 Å². The van der Waals surface area contributed by atoms with E-state index in [1.807, 2.05) is 13.0 Å². The summed E-state index contributed by atoms with van der Waals surface area (Å²) < 4.78 is 0. The molecule has 1 rings (SSSR count). The number of halogens is 1. The molecule has 0 saturated carbocycles. The van der Waals surface area contributed by atoms with Crippen molar-refractivity contribution >= 4 is 29.3 Å². The van der Waals surface area contributed by atoms with E-state index in [1.165, 1.54) is 0 Å². The fourth-order valence-corrected chi connectivity index (χ4v) is 1.84. The molecule has 5 nitrogen and oxygen atoms in total. The maximum absolute atomic E-state index is 11.9. The Morgan fingerprint density at radius 2 is 2.00 bits per heavy atom. The Bertz CT molecular complexity index is 515. The predicted octanol–water partition coefficient (Wildman–Crippen LogP) is 3.41. The first-order chi connectivity index (χ1) is 9.19. The first-order valence-corrected chi connectivity index (χ1v) is 6.64. The molecule has 0 unspecified atom stereocenters. The summed E-state index contributed by atoms with van der Waals surface area (Å²) in [4.78, 5) is 22.5. The van der Waals surface area contributed by atoms with Crippen LogP contribution in [0.3, 0.4) is 0 Å². The van der Waals surface area contributed by atoms with Gasteiger partial charge in [-0.25, -0.2) is 4.79 Å². The molecule has 0 fully saturated rings. The summed E-state index contributed by atoms with van der Waals surface area (Å²) in [7, 11) is 0. The number of carboxylic acids is 1. The van der Waals surface area contributed by atoms with Gasteiger partial charge in [0.25, 0.3) is 0 Å². The quantitative estimate of drug-likeness (QED) is 0.779. The normalized spacial score (nSPS) is 11.0. The second kappa shape index (κ2) is 6.61. The predicted molar refractivity (Wildman–Crippen MR) is 79.3 cm³/mol. The summed E-state index contributed by atoms with van der Waals surface area (Å²) in [5.41, 5.74) is 0.895. The summed E-state index contributed by atoms with van der Waals surface area (Å²) in [6, 6.07) is 4.92. The van der Waals surface area contributed by atoms with Gasteiger partial charge < -0.3 is 15.7 Å². The van der Waals surface area contributed by atoms with Crippen LogP contribution in [0.4, 0.5) is 10.5 Å². The van der Waals surface area contributed by atoms with Crippen molar-refractivity contribution in [3.8, 4) is 0 Å². The summed E-state index contributed by atoms with van der Waals surface area (Å²) in [6.07, 6.45) is 0.343. The molecule has 0 spiro atoms. The highest BCUT2D eigenvalue weighted by Gasteiger charge is 2.21. The molecule has 0 atom stereocenters. The number of carbonyl (C=O) groups is 2. The van der Waals surface area contributed by atoms with Crippen LogP contribution >= 0.6 is 11.6 Å². The Labute approximate surface area is 123 Å². The van der Waals surface area contributed by atoms with Crippen molar-refractivity contribution in [2.45, 2.75) is 39.2 Å². The van der Waals surface area contributed by atoms with Crippen LogP contribution in [0.25, 0.3) is 0 Å². The van der Waals surface area contributed by atoms with Gasteiger partial charge in [-0.2, -0.15) is 0 Å². The van der Waals surface area contributed by atoms with E-state index in [2.05, 4.69) is 10.6 Å². The number of rotatable bonds is 5. The van der Waals surface area contributed by atoms with Crippen LogP contribution in [0.15, 0.2) is 18.2 Å². The highest BCUT2D eigenvalue weighted by molar-refractivity contribution is 6.33. The minimum Gasteiger partial charge on any atom is -0.481 e. The number of aliphatic carboxylic acids is 1. The van der Waals surface area contributed by atoms with Gasteiger partial charge >= 0.3 is 12.0 Å². The number of anilines is 1. The van der Waals surface area contributed by atoms with E-state index in [0.29, 0.717) is 17.1 Å². The molecule has 0 aromatic heterocycles. The molecule has 2 amide bonds. The molecule has 0 bridgehead atoms. The summed E-state index contributed by atoms with van der Waals surface area (Å²) in [5, 5.41) is 14.5. The number of urea groups is 1. The Morgan fingerprint density at radius 3 is 2.60 bits per heavy atom. The van der Waals surface area contributed by atoms with Gasteiger partial charge in [0.2, 0.25) is 0 Å². The van der Waals surface area contributed by atoms with Gasteiger partial charge in [0.05, 0.1) is 10.7 Å². The maximum Gasteiger partial charge on any atom is 0.319 e. The van der Waals surface area contributed by atoms with E-state index in [-0.39, 0.29) is 6.42 Å². The van der Waals surface area contributed by atoms with Crippen LogP contribution in [-0.4, -0.2) is 22.6 Å². The van der Waals surface area contributed by atoms with E-state index in [4.69, 9.17) is 16.7 Å². The summed E-state index contributed by atoms with van der Waals surface area (Å²) in [6.45, 7) is 5.44. The number of hydrogen-bond acceptors (Lipinski definition) is 2. The summed E-state index contributed by atoms with van der Waals surface area (Å²) >= 11 is 5.99. The Balaban J connectivity index is 2.63. The van der Waals surface area contributed by atoms with Crippen LogP contribution < -0.4 is 10.6 Å². The molecule has 0 saturated heterocycles. The van der Waals surface area contributed by atoms with Crippen molar-refractivity contribution < 1.29 is 14.7 Å². The van der Waals surface area contributed by atoms with Crippen LogP contribution in [0.2, 0.25) is 5.02 Å². The fraction of sp³-hybridized carbons (Fsp3) is 0.429. The lowest BCUT2D eigenvalue weighted by Gasteiger charge is -2.25. The Hall–Kier alpha value is -1.75. The molecule has 1 aromatic rings. The first kappa shape index (κ1) is 16.3. The molecule has 0 aliphatic rings. The van der Waals surface area contributed by atoms with Gasteiger partial charge in [0.1, 0.15) is 0 Å². The van der Waals surface area contributed by atoms with E-state index in [9.17, 15) is 9.59 Å². The number of hydrogen-bond donors (Lipinski definition) is 3. The second-order valence-electron chi connectivity index (χ2n) is 5.34. The van der Waals surface area contributed by atoms with Crippen LogP contribution in [0.5, 0.6) is 0 Å². The third-order valence-electron chi connectivity index (χ3n) is 2.79. The smallest absolute Gasteiger partial charge is 0.319 e. The Morgan fingerprint density at radius 1 is 1.35 bits per heavy atom. The SMILES string of the molecule is Cc1ccc(Cl)c(NC(=O)NC(C)(C)CCC(=O)O)c1. The van der Waals surface area contributed by atoms with Crippen LogP contribution in [-0.2, 0) is 4.79 Å². The molecule has 0 aliphatic heterocycles. The van der Waals surface area contributed by atoms with Crippen molar-refractivity contribution in [2.24, 2.45) is 0 Å². The average molecular weight is 299 g/mol. The number of carbonyl (C=O) groups excluding carboxylic acids is 1. The van der Waals surface area contributed by atoms with Crippen molar-refractivity contribution in [1.29, 1.82) is 0 Å². The van der Waals surface area contributed by atoms with Gasteiger partial charge in [-0.15, -0.1) is 0 Å². The zero-order valence-corrected chi connectivity index (χ0v) is 12.5. The number of carboxylic acid groups (broad SMARTS) is 1. The molecular formula is C14H19ClN2O3. The molecule has 6 heteroatoms. The van der Waals surface area contributed by atoms with Crippen molar-refractivity contribution in [1.82, 2.24) is 5.32 Å². The fourth-order valence-electron chi connectivity index (χ4n) is 1.68. The van der Waals surface area contributed by atoms with Gasteiger partial charge in [-0.3, -0.25) is 4.79 Å². The van der Waals surface area contributed by atoms with E-state index < -0.39 is 17.5 Å². The maximum atomic E-state index is 11.9. The number of nitrogens with one attached hydrogen (secondary N) is 2.